The molecule has 142 valence electrons. The fourth-order valence-electron chi connectivity index (χ4n) is 2.83. The fourth-order valence-corrected chi connectivity index (χ4v) is 2.83. The quantitative estimate of drug-likeness (QED) is 0.278. The van der Waals surface area contributed by atoms with Gasteiger partial charge in [-0.1, -0.05) is 19.3 Å². The number of rotatable bonds is 19. The van der Waals surface area contributed by atoms with E-state index >= 15 is 0 Å². The monoisotopic (exact) mass is 343 g/mol. The Hall–Kier alpha value is -0.780. The Labute approximate surface area is 147 Å². The minimum absolute atomic E-state index is 0.246. The topological polar surface area (TPSA) is 77.8 Å². The van der Waals surface area contributed by atoms with Crippen LogP contribution in [-0.2, 0) is 9.59 Å². The highest BCUT2D eigenvalue weighted by molar-refractivity contribution is 5.49. The van der Waals surface area contributed by atoms with Crippen molar-refractivity contribution in [1.29, 1.82) is 0 Å². The van der Waals surface area contributed by atoms with E-state index in [1.54, 1.807) is 0 Å². The third-order valence-electron chi connectivity index (χ3n) is 4.26. The molecule has 0 aliphatic rings. The van der Waals surface area contributed by atoms with Crippen LogP contribution in [0.4, 0.5) is 0 Å². The third-order valence-corrected chi connectivity index (χ3v) is 4.26. The number of aliphatic hydroxyl groups is 2. The molecule has 0 aromatic heterocycles. The van der Waals surface area contributed by atoms with Crippen LogP contribution >= 0.6 is 0 Å². The Balaban J connectivity index is 3.96. The van der Waals surface area contributed by atoms with Gasteiger partial charge in [-0.3, -0.25) is 0 Å². The second kappa shape index (κ2) is 18.6. The third kappa shape index (κ3) is 16.1. The zero-order valence-corrected chi connectivity index (χ0v) is 15.2. The second-order valence-corrected chi connectivity index (χ2v) is 6.56. The molecule has 0 spiro atoms. The molecule has 0 saturated heterocycles. The van der Waals surface area contributed by atoms with Crippen molar-refractivity contribution in [3.8, 4) is 0 Å². The van der Waals surface area contributed by atoms with Crippen LogP contribution in [-0.4, -0.2) is 60.0 Å². The Morgan fingerprint density at radius 1 is 0.750 bits per heavy atom. The highest BCUT2D eigenvalue weighted by atomic mass is 16.3. The van der Waals surface area contributed by atoms with E-state index in [9.17, 15) is 14.7 Å². The van der Waals surface area contributed by atoms with E-state index in [4.69, 9.17) is 5.11 Å². The van der Waals surface area contributed by atoms with Crippen molar-refractivity contribution in [2.75, 3.05) is 26.2 Å². The van der Waals surface area contributed by atoms with Gasteiger partial charge in [0.05, 0.1) is 6.10 Å². The Kier molecular flexibility index (Phi) is 18.0. The zero-order chi connectivity index (χ0) is 17.9. The maximum absolute atomic E-state index is 10.3. The first kappa shape index (κ1) is 23.2. The van der Waals surface area contributed by atoms with Crippen molar-refractivity contribution in [2.45, 2.75) is 83.2 Å². The van der Waals surface area contributed by atoms with Crippen molar-refractivity contribution in [2.24, 2.45) is 0 Å². The van der Waals surface area contributed by atoms with Gasteiger partial charge in [0.25, 0.3) is 0 Å². The summed E-state index contributed by atoms with van der Waals surface area (Å²) in [7, 11) is 0. The molecule has 0 aromatic carbocycles. The first-order valence-corrected chi connectivity index (χ1v) is 9.63. The molecule has 0 fully saturated rings. The summed E-state index contributed by atoms with van der Waals surface area (Å²) in [6.07, 6.45) is 12.5. The summed E-state index contributed by atoms with van der Waals surface area (Å²) in [6.45, 7) is 2.87. The van der Waals surface area contributed by atoms with E-state index in [-0.39, 0.29) is 12.7 Å². The molecule has 5 nitrogen and oxygen atoms in total. The lowest BCUT2D eigenvalue weighted by molar-refractivity contribution is -0.108. The molecular weight excluding hydrogens is 306 g/mol. The maximum Gasteiger partial charge on any atom is 0.119 e. The van der Waals surface area contributed by atoms with Gasteiger partial charge < -0.3 is 24.7 Å². The molecule has 0 rings (SSSR count). The van der Waals surface area contributed by atoms with Crippen molar-refractivity contribution in [3.05, 3.63) is 0 Å². The van der Waals surface area contributed by atoms with E-state index in [1.165, 1.54) is 0 Å². The van der Waals surface area contributed by atoms with Gasteiger partial charge in [-0.05, 0) is 58.0 Å². The summed E-state index contributed by atoms with van der Waals surface area (Å²) in [5.41, 5.74) is 0. The molecule has 0 bridgehead atoms. The van der Waals surface area contributed by atoms with Crippen LogP contribution < -0.4 is 0 Å². The fraction of sp³-hybridized carbons (Fsp3) is 0.895. The number of hydrogen-bond acceptors (Lipinski definition) is 5. The maximum atomic E-state index is 10.3. The minimum Gasteiger partial charge on any atom is -0.396 e. The molecule has 1 atom stereocenters. The van der Waals surface area contributed by atoms with E-state index in [0.717, 1.165) is 89.9 Å². The second-order valence-electron chi connectivity index (χ2n) is 6.56. The molecule has 2 N–H and O–H groups in total. The van der Waals surface area contributed by atoms with Gasteiger partial charge in [0, 0.05) is 26.0 Å². The van der Waals surface area contributed by atoms with Crippen LogP contribution in [0.2, 0.25) is 0 Å². The van der Waals surface area contributed by atoms with Gasteiger partial charge in [-0.15, -0.1) is 0 Å². The molecule has 0 aliphatic heterocycles. The SMILES string of the molecule is O=CCCCCCCN(CCCCCO)CC(O)CCCCC=O. The molecular formula is C19H37NO4. The Bertz CT molecular complexity index is 287. The largest absolute Gasteiger partial charge is 0.396 e. The van der Waals surface area contributed by atoms with Gasteiger partial charge in [0.1, 0.15) is 12.6 Å². The predicted molar refractivity (Wildman–Crippen MR) is 97.1 cm³/mol. The molecule has 0 amide bonds. The molecule has 0 heterocycles. The number of aliphatic hydroxyl groups excluding tert-OH is 2. The first-order chi connectivity index (χ1) is 11.7. The van der Waals surface area contributed by atoms with Crippen molar-refractivity contribution in [3.63, 3.8) is 0 Å². The van der Waals surface area contributed by atoms with E-state index in [1.807, 2.05) is 0 Å². The minimum atomic E-state index is -0.329. The number of unbranched alkanes of at least 4 members (excludes halogenated alkanes) is 8. The van der Waals surface area contributed by atoms with Crippen LogP contribution in [0.25, 0.3) is 0 Å². The highest BCUT2D eigenvalue weighted by Gasteiger charge is 2.11. The molecule has 5 heteroatoms. The summed E-state index contributed by atoms with van der Waals surface area (Å²) >= 11 is 0. The predicted octanol–water partition coefficient (Wildman–Crippen LogP) is 2.72. The summed E-state index contributed by atoms with van der Waals surface area (Å²) in [5, 5.41) is 19.0. The first-order valence-electron chi connectivity index (χ1n) is 9.63. The van der Waals surface area contributed by atoms with Crippen molar-refractivity contribution >= 4 is 12.6 Å². The van der Waals surface area contributed by atoms with Gasteiger partial charge >= 0.3 is 0 Å². The Morgan fingerprint density at radius 3 is 1.88 bits per heavy atom. The van der Waals surface area contributed by atoms with Crippen LogP contribution in [0.5, 0.6) is 0 Å². The summed E-state index contributed by atoms with van der Waals surface area (Å²) in [4.78, 5) is 22.9. The lowest BCUT2D eigenvalue weighted by Gasteiger charge is -2.25. The van der Waals surface area contributed by atoms with Crippen LogP contribution in [0.3, 0.4) is 0 Å². The molecule has 24 heavy (non-hydrogen) atoms. The highest BCUT2D eigenvalue weighted by Crippen LogP contribution is 2.09. The average Bonchev–Trinajstić information content (AvgIpc) is 2.58. The number of carbonyl (C=O) groups is 2. The van der Waals surface area contributed by atoms with Crippen molar-refractivity contribution in [1.82, 2.24) is 4.90 Å². The van der Waals surface area contributed by atoms with E-state index in [2.05, 4.69) is 4.90 Å². The number of nitrogens with zero attached hydrogens (tertiary/aromatic N) is 1. The van der Waals surface area contributed by atoms with Gasteiger partial charge in [-0.25, -0.2) is 0 Å². The molecule has 0 saturated carbocycles. The number of carbonyl (C=O) groups excluding carboxylic acids is 2. The lowest BCUT2D eigenvalue weighted by Crippen LogP contribution is -2.34. The van der Waals surface area contributed by atoms with Crippen LogP contribution in [0.15, 0.2) is 0 Å². The van der Waals surface area contributed by atoms with Gasteiger partial charge in [0.2, 0.25) is 0 Å². The standard InChI is InChI=1S/C19H37NO4/c21-15-9-3-1-2-7-13-20(14-8-5-11-17-23)18-19(24)12-6-4-10-16-22/h15-16,19,23-24H,1-14,17-18H2. The summed E-state index contributed by atoms with van der Waals surface area (Å²) in [5.74, 6) is 0. The molecule has 1 unspecified atom stereocenters. The summed E-state index contributed by atoms with van der Waals surface area (Å²) in [6, 6.07) is 0. The van der Waals surface area contributed by atoms with Gasteiger partial charge in [-0.2, -0.15) is 0 Å². The molecule has 0 aromatic rings. The van der Waals surface area contributed by atoms with Crippen LogP contribution in [0, 0.1) is 0 Å². The molecule has 0 aliphatic carbocycles. The lowest BCUT2D eigenvalue weighted by atomic mass is 10.1. The van der Waals surface area contributed by atoms with Gasteiger partial charge in [0.15, 0.2) is 0 Å². The van der Waals surface area contributed by atoms with E-state index < -0.39 is 0 Å². The average molecular weight is 344 g/mol. The summed E-state index contributed by atoms with van der Waals surface area (Å²) < 4.78 is 0. The number of aldehydes is 2. The van der Waals surface area contributed by atoms with Crippen LogP contribution in [0.1, 0.15) is 77.0 Å². The smallest absolute Gasteiger partial charge is 0.119 e. The van der Waals surface area contributed by atoms with Crippen molar-refractivity contribution < 1.29 is 19.8 Å². The van der Waals surface area contributed by atoms with E-state index in [0.29, 0.717) is 19.4 Å². The number of hydrogen-bond donors (Lipinski definition) is 2. The molecule has 0 radical (unpaired) electrons. The normalized spacial score (nSPS) is 12.5. The Morgan fingerprint density at radius 2 is 1.29 bits per heavy atom. The zero-order valence-electron chi connectivity index (χ0n) is 15.2.